The Hall–Kier alpha value is -0.270. The normalized spacial score (nSPS) is 10.2. The second-order valence-corrected chi connectivity index (χ2v) is 3.16. The minimum absolute atomic E-state index is 0.400. The van der Waals surface area contributed by atoms with E-state index in [0.717, 1.165) is 5.56 Å². The molecular weight excluding hydrogens is 186 g/mol. The molecular formula is C8H7Cl2F. The predicted molar refractivity (Wildman–Crippen MR) is 46.0 cm³/mol. The van der Waals surface area contributed by atoms with E-state index >= 15 is 0 Å². The Morgan fingerprint density at radius 2 is 2.00 bits per heavy atom. The predicted octanol–water partition coefficient (Wildman–Crippen LogP) is 3.77. The van der Waals surface area contributed by atoms with Gasteiger partial charge in [0.25, 0.3) is 0 Å². The zero-order valence-corrected chi connectivity index (χ0v) is 7.51. The number of aryl methyl sites for hydroxylation is 1. The SMILES string of the molecule is Cc1cc(Cl)cc(Cl)c1CF. The van der Waals surface area contributed by atoms with Crippen molar-refractivity contribution in [2.24, 2.45) is 0 Å². The fraction of sp³-hybridized carbons (Fsp3) is 0.250. The number of hydrogen-bond donors (Lipinski definition) is 0. The Morgan fingerprint density at radius 1 is 1.36 bits per heavy atom. The van der Waals surface area contributed by atoms with Crippen LogP contribution in [0.15, 0.2) is 12.1 Å². The molecule has 0 aliphatic heterocycles. The van der Waals surface area contributed by atoms with E-state index in [1.54, 1.807) is 19.1 Å². The van der Waals surface area contributed by atoms with Gasteiger partial charge in [0, 0.05) is 15.6 Å². The van der Waals surface area contributed by atoms with Crippen LogP contribution in [0.2, 0.25) is 10.0 Å². The second kappa shape index (κ2) is 3.42. The molecule has 0 amide bonds. The molecule has 1 aromatic rings. The highest BCUT2D eigenvalue weighted by atomic mass is 35.5. The fourth-order valence-electron chi connectivity index (χ4n) is 0.901. The van der Waals surface area contributed by atoms with Gasteiger partial charge in [-0.1, -0.05) is 23.2 Å². The lowest BCUT2D eigenvalue weighted by Crippen LogP contribution is -1.86. The molecule has 1 aromatic carbocycles. The third-order valence-corrected chi connectivity index (χ3v) is 2.07. The van der Waals surface area contributed by atoms with Crippen LogP contribution in [0.3, 0.4) is 0 Å². The zero-order valence-electron chi connectivity index (χ0n) is 6.00. The third kappa shape index (κ3) is 1.85. The van der Waals surface area contributed by atoms with Crippen molar-refractivity contribution >= 4 is 23.2 Å². The van der Waals surface area contributed by atoms with Crippen molar-refractivity contribution in [1.29, 1.82) is 0 Å². The van der Waals surface area contributed by atoms with Gasteiger partial charge in [-0.05, 0) is 24.6 Å². The summed E-state index contributed by atoms with van der Waals surface area (Å²) in [5, 5.41) is 0.946. The Balaban J connectivity index is 3.25. The highest BCUT2D eigenvalue weighted by molar-refractivity contribution is 6.35. The first kappa shape index (κ1) is 8.82. The van der Waals surface area contributed by atoms with Crippen molar-refractivity contribution in [3.8, 4) is 0 Å². The average molecular weight is 193 g/mol. The zero-order chi connectivity index (χ0) is 8.43. The van der Waals surface area contributed by atoms with Gasteiger partial charge in [-0.2, -0.15) is 0 Å². The summed E-state index contributed by atoms with van der Waals surface area (Å²) >= 11 is 11.4. The standard InChI is InChI=1S/C8H7Cl2F/c1-5-2-6(9)3-8(10)7(5)4-11/h2-3H,4H2,1H3. The van der Waals surface area contributed by atoms with E-state index in [0.29, 0.717) is 15.6 Å². The van der Waals surface area contributed by atoms with E-state index in [4.69, 9.17) is 23.2 Å². The summed E-state index contributed by atoms with van der Waals surface area (Å²) in [5.41, 5.74) is 1.32. The Bertz CT molecular complexity index is 248. The van der Waals surface area contributed by atoms with Crippen LogP contribution in [0.4, 0.5) is 4.39 Å². The smallest absolute Gasteiger partial charge is 0.116 e. The molecule has 0 atom stereocenters. The molecule has 0 spiro atoms. The van der Waals surface area contributed by atoms with E-state index in [-0.39, 0.29) is 0 Å². The van der Waals surface area contributed by atoms with Crippen LogP contribution in [-0.4, -0.2) is 0 Å². The molecule has 0 aromatic heterocycles. The third-order valence-electron chi connectivity index (χ3n) is 1.52. The van der Waals surface area contributed by atoms with Crippen LogP contribution in [0.5, 0.6) is 0 Å². The van der Waals surface area contributed by atoms with Gasteiger partial charge in [-0.25, -0.2) is 4.39 Å². The van der Waals surface area contributed by atoms with Gasteiger partial charge in [0.15, 0.2) is 0 Å². The molecule has 0 bridgehead atoms. The van der Waals surface area contributed by atoms with Crippen molar-refractivity contribution < 1.29 is 4.39 Å². The summed E-state index contributed by atoms with van der Waals surface area (Å²) in [6, 6.07) is 3.24. The van der Waals surface area contributed by atoms with Gasteiger partial charge >= 0.3 is 0 Å². The minimum Gasteiger partial charge on any atom is -0.246 e. The molecule has 11 heavy (non-hydrogen) atoms. The van der Waals surface area contributed by atoms with Crippen LogP contribution >= 0.6 is 23.2 Å². The molecule has 0 heterocycles. The molecule has 0 saturated carbocycles. The number of alkyl halides is 1. The fourth-order valence-corrected chi connectivity index (χ4v) is 1.55. The maximum absolute atomic E-state index is 12.3. The summed E-state index contributed by atoms with van der Waals surface area (Å²) in [5.74, 6) is 0. The topological polar surface area (TPSA) is 0 Å². The molecule has 0 N–H and O–H groups in total. The summed E-state index contributed by atoms with van der Waals surface area (Å²) in [6.07, 6.45) is 0. The lowest BCUT2D eigenvalue weighted by Gasteiger charge is -2.03. The number of rotatable bonds is 1. The lowest BCUT2D eigenvalue weighted by molar-refractivity contribution is 0.484. The molecule has 1 rings (SSSR count). The van der Waals surface area contributed by atoms with Crippen molar-refractivity contribution in [2.45, 2.75) is 13.6 Å². The van der Waals surface area contributed by atoms with Crippen LogP contribution in [-0.2, 0) is 6.67 Å². The molecule has 0 aliphatic rings. The molecule has 0 saturated heterocycles. The van der Waals surface area contributed by atoms with Crippen molar-refractivity contribution in [3.05, 3.63) is 33.3 Å². The first-order chi connectivity index (χ1) is 5.15. The van der Waals surface area contributed by atoms with Gasteiger partial charge in [-0.15, -0.1) is 0 Å². The summed E-state index contributed by atoms with van der Waals surface area (Å²) in [4.78, 5) is 0. The van der Waals surface area contributed by atoms with Crippen molar-refractivity contribution in [3.63, 3.8) is 0 Å². The molecule has 60 valence electrons. The van der Waals surface area contributed by atoms with Gasteiger partial charge in [-0.3, -0.25) is 0 Å². The average Bonchev–Trinajstić information content (AvgIpc) is 1.85. The van der Waals surface area contributed by atoms with E-state index < -0.39 is 6.67 Å². The maximum Gasteiger partial charge on any atom is 0.116 e. The second-order valence-electron chi connectivity index (χ2n) is 2.32. The first-order valence-corrected chi connectivity index (χ1v) is 3.91. The molecule has 3 heteroatoms. The van der Waals surface area contributed by atoms with Crippen LogP contribution in [0.1, 0.15) is 11.1 Å². The van der Waals surface area contributed by atoms with E-state index in [2.05, 4.69) is 0 Å². The lowest BCUT2D eigenvalue weighted by atomic mass is 10.1. The van der Waals surface area contributed by atoms with E-state index in [1.807, 2.05) is 0 Å². The van der Waals surface area contributed by atoms with Gasteiger partial charge in [0.1, 0.15) is 6.67 Å². The molecule has 0 unspecified atom stereocenters. The molecule has 0 aliphatic carbocycles. The van der Waals surface area contributed by atoms with Crippen LogP contribution < -0.4 is 0 Å². The van der Waals surface area contributed by atoms with Gasteiger partial charge in [0.2, 0.25) is 0 Å². The van der Waals surface area contributed by atoms with Crippen LogP contribution in [0.25, 0.3) is 0 Å². The maximum atomic E-state index is 12.3. The molecule has 0 fully saturated rings. The summed E-state index contributed by atoms with van der Waals surface area (Å²) < 4.78 is 12.3. The number of hydrogen-bond acceptors (Lipinski definition) is 0. The monoisotopic (exact) mass is 192 g/mol. The van der Waals surface area contributed by atoms with E-state index in [1.165, 1.54) is 0 Å². The van der Waals surface area contributed by atoms with Gasteiger partial charge < -0.3 is 0 Å². The van der Waals surface area contributed by atoms with Gasteiger partial charge in [0.05, 0.1) is 0 Å². The van der Waals surface area contributed by atoms with Crippen molar-refractivity contribution in [2.75, 3.05) is 0 Å². The molecule has 0 nitrogen and oxygen atoms in total. The summed E-state index contributed by atoms with van der Waals surface area (Å²) in [7, 11) is 0. The summed E-state index contributed by atoms with van der Waals surface area (Å²) in [6.45, 7) is 1.24. The van der Waals surface area contributed by atoms with E-state index in [9.17, 15) is 4.39 Å². The Labute approximate surface area is 74.9 Å². The quantitative estimate of drug-likeness (QED) is 0.636. The minimum atomic E-state index is -0.540. The largest absolute Gasteiger partial charge is 0.246 e. The first-order valence-electron chi connectivity index (χ1n) is 3.15. The number of halogens is 3. The highest BCUT2D eigenvalue weighted by Gasteiger charge is 2.04. The molecule has 0 radical (unpaired) electrons. The van der Waals surface area contributed by atoms with Crippen molar-refractivity contribution in [1.82, 2.24) is 0 Å². The Kier molecular flexibility index (Phi) is 2.74. The van der Waals surface area contributed by atoms with Crippen LogP contribution in [0, 0.1) is 6.92 Å². The number of benzene rings is 1. The highest BCUT2D eigenvalue weighted by Crippen LogP contribution is 2.25. The Morgan fingerprint density at radius 3 is 2.45 bits per heavy atom.